The smallest absolute Gasteiger partial charge is 0.272 e. The molecule has 1 heterocycles. The first-order chi connectivity index (χ1) is 10.7. The molecule has 0 radical (unpaired) electrons. The van der Waals surface area contributed by atoms with E-state index in [0.717, 1.165) is 34.3 Å². The molecule has 1 unspecified atom stereocenters. The lowest BCUT2D eigenvalue weighted by atomic mass is 10.1. The zero-order valence-corrected chi connectivity index (χ0v) is 12.5. The molecule has 110 valence electrons. The van der Waals surface area contributed by atoms with Gasteiger partial charge in [-0.1, -0.05) is 35.9 Å². The van der Waals surface area contributed by atoms with E-state index in [9.17, 15) is 4.79 Å². The van der Waals surface area contributed by atoms with E-state index in [0.29, 0.717) is 5.69 Å². The van der Waals surface area contributed by atoms with Crippen LogP contribution in [-0.4, -0.2) is 16.1 Å². The third kappa shape index (κ3) is 2.16. The minimum atomic E-state index is -0.148. The first kappa shape index (κ1) is 13.3. The molecular weight excluding hydrogens is 298 g/mol. The third-order valence-corrected chi connectivity index (χ3v) is 4.41. The molecule has 0 spiro atoms. The van der Waals surface area contributed by atoms with E-state index < -0.39 is 0 Å². The van der Waals surface area contributed by atoms with Gasteiger partial charge in [0.2, 0.25) is 0 Å². The number of aromatic nitrogens is 2. The van der Waals surface area contributed by atoms with Crippen LogP contribution in [0.2, 0.25) is 5.02 Å². The lowest BCUT2D eigenvalue weighted by molar-refractivity contribution is 0.0933. The number of rotatable bonds is 2. The van der Waals surface area contributed by atoms with Gasteiger partial charge in [-0.25, -0.2) is 0 Å². The Kier molecular flexibility index (Phi) is 3.12. The van der Waals surface area contributed by atoms with Gasteiger partial charge in [0.25, 0.3) is 5.91 Å². The maximum atomic E-state index is 12.5. The maximum Gasteiger partial charge on any atom is 0.272 e. The molecule has 2 N–H and O–H groups in total. The van der Waals surface area contributed by atoms with Gasteiger partial charge in [0.15, 0.2) is 5.69 Å². The molecule has 22 heavy (non-hydrogen) atoms. The lowest BCUT2D eigenvalue weighted by Gasteiger charge is -2.13. The van der Waals surface area contributed by atoms with Crippen molar-refractivity contribution in [3.63, 3.8) is 0 Å². The summed E-state index contributed by atoms with van der Waals surface area (Å²) in [6.07, 6.45) is 1.83. The number of aryl methyl sites for hydroxylation is 1. The average molecular weight is 312 g/mol. The van der Waals surface area contributed by atoms with E-state index in [4.69, 9.17) is 11.6 Å². The molecule has 0 saturated heterocycles. The number of nitrogens with one attached hydrogen (secondary N) is 2. The van der Waals surface area contributed by atoms with Crippen molar-refractivity contribution in [2.75, 3.05) is 0 Å². The van der Waals surface area contributed by atoms with Gasteiger partial charge in [-0.05, 0) is 42.2 Å². The van der Waals surface area contributed by atoms with Crippen molar-refractivity contribution in [3.8, 4) is 0 Å². The van der Waals surface area contributed by atoms with Crippen LogP contribution in [0.15, 0.2) is 42.5 Å². The number of H-pyrrole nitrogens is 1. The highest BCUT2D eigenvalue weighted by Crippen LogP contribution is 2.33. The SMILES string of the molecule is O=C(NC1CCc2cc(Cl)ccc21)c1n[nH]c2ccccc12. The van der Waals surface area contributed by atoms with E-state index >= 15 is 0 Å². The number of benzene rings is 2. The Bertz CT molecular complexity index is 871. The van der Waals surface area contributed by atoms with Gasteiger partial charge >= 0.3 is 0 Å². The Morgan fingerprint density at radius 3 is 3.05 bits per heavy atom. The molecule has 1 amide bonds. The standard InChI is InChI=1S/C17H14ClN3O/c18-11-6-7-12-10(9-11)5-8-14(12)19-17(22)16-13-3-1-2-4-15(13)20-21-16/h1-4,6-7,9,14H,5,8H2,(H,19,22)(H,20,21). The Labute approximate surface area is 132 Å². The Morgan fingerprint density at radius 1 is 1.27 bits per heavy atom. The summed E-state index contributed by atoms with van der Waals surface area (Å²) in [5.74, 6) is -0.148. The summed E-state index contributed by atoms with van der Waals surface area (Å²) in [5.41, 5.74) is 3.67. The Morgan fingerprint density at radius 2 is 2.14 bits per heavy atom. The van der Waals surface area contributed by atoms with E-state index in [-0.39, 0.29) is 11.9 Å². The van der Waals surface area contributed by atoms with Crippen LogP contribution >= 0.6 is 11.6 Å². The van der Waals surface area contributed by atoms with Crippen LogP contribution in [0.3, 0.4) is 0 Å². The van der Waals surface area contributed by atoms with Crippen molar-refractivity contribution in [2.45, 2.75) is 18.9 Å². The molecule has 1 atom stereocenters. The van der Waals surface area contributed by atoms with Crippen LogP contribution in [0, 0.1) is 0 Å². The van der Waals surface area contributed by atoms with Crippen LogP contribution in [0.5, 0.6) is 0 Å². The second-order valence-electron chi connectivity index (χ2n) is 5.53. The van der Waals surface area contributed by atoms with Gasteiger partial charge in [-0.15, -0.1) is 0 Å². The average Bonchev–Trinajstić information content (AvgIpc) is 3.11. The van der Waals surface area contributed by atoms with E-state index in [2.05, 4.69) is 15.5 Å². The van der Waals surface area contributed by atoms with Crippen molar-refractivity contribution in [1.29, 1.82) is 0 Å². The molecule has 1 aromatic heterocycles. The maximum absolute atomic E-state index is 12.5. The summed E-state index contributed by atoms with van der Waals surface area (Å²) in [4.78, 5) is 12.5. The second kappa shape index (κ2) is 5.14. The zero-order chi connectivity index (χ0) is 15.1. The lowest BCUT2D eigenvalue weighted by Crippen LogP contribution is -2.27. The van der Waals surface area contributed by atoms with Crippen LogP contribution in [0.25, 0.3) is 10.9 Å². The zero-order valence-electron chi connectivity index (χ0n) is 11.8. The summed E-state index contributed by atoms with van der Waals surface area (Å²) in [5, 5.41) is 11.7. The number of para-hydroxylation sites is 1. The van der Waals surface area contributed by atoms with Gasteiger partial charge in [0, 0.05) is 10.4 Å². The minimum absolute atomic E-state index is 0.0234. The predicted octanol–water partition coefficient (Wildman–Crippen LogP) is 3.63. The van der Waals surface area contributed by atoms with E-state index in [1.54, 1.807) is 0 Å². The summed E-state index contributed by atoms with van der Waals surface area (Å²) in [6, 6.07) is 13.5. The summed E-state index contributed by atoms with van der Waals surface area (Å²) < 4.78 is 0. The Balaban J connectivity index is 1.61. The quantitative estimate of drug-likeness (QED) is 0.759. The summed E-state index contributed by atoms with van der Waals surface area (Å²) in [6.45, 7) is 0. The highest BCUT2D eigenvalue weighted by molar-refractivity contribution is 6.30. The topological polar surface area (TPSA) is 57.8 Å². The molecule has 0 bridgehead atoms. The van der Waals surface area contributed by atoms with Crippen molar-refractivity contribution in [1.82, 2.24) is 15.5 Å². The largest absolute Gasteiger partial charge is 0.344 e. The number of aromatic amines is 1. The van der Waals surface area contributed by atoms with Crippen LogP contribution in [0.1, 0.15) is 34.1 Å². The van der Waals surface area contributed by atoms with Crippen LogP contribution in [-0.2, 0) is 6.42 Å². The molecule has 0 fully saturated rings. The fourth-order valence-corrected chi connectivity index (χ4v) is 3.29. The highest BCUT2D eigenvalue weighted by Gasteiger charge is 2.25. The van der Waals surface area contributed by atoms with Gasteiger partial charge < -0.3 is 5.32 Å². The van der Waals surface area contributed by atoms with Gasteiger partial charge in [-0.2, -0.15) is 5.10 Å². The Hall–Kier alpha value is -2.33. The number of hydrogen-bond acceptors (Lipinski definition) is 2. The van der Waals surface area contributed by atoms with Crippen LogP contribution < -0.4 is 5.32 Å². The number of halogens is 1. The normalized spacial score (nSPS) is 16.7. The molecule has 1 aliphatic rings. The van der Waals surface area contributed by atoms with Crippen molar-refractivity contribution in [3.05, 3.63) is 64.3 Å². The fourth-order valence-electron chi connectivity index (χ4n) is 3.10. The monoisotopic (exact) mass is 311 g/mol. The molecule has 5 heteroatoms. The summed E-state index contributed by atoms with van der Waals surface area (Å²) >= 11 is 6.02. The summed E-state index contributed by atoms with van der Waals surface area (Å²) in [7, 11) is 0. The number of fused-ring (bicyclic) bond motifs is 2. The van der Waals surface area contributed by atoms with E-state index in [1.807, 2.05) is 42.5 Å². The fraction of sp³-hybridized carbons (Fsp3) is 0.176. The van der Waals surface area contributed by atoms with Gasteiger partial charge in [0.05, 0.1) is 11.6 Å². The molecule has 2 aromatic carbocycles. The molecule has 4 rings (SSSR count). The number of amides is 1. The molecule has 0 aliphatic heterocycles. The minimum Gasteiger partial charge on any atom is -0.344 e. The molecule has 4 nitrogen and oxygen atoms in total. The third-order valence-electron chi connectivity index (χ3n) is 4.17. The predicted molar refractivity (Wildman–Crippen MR) is 86.1 cm³/mol. The van der Waals surface area contributed by atoms with E-state index in [1.165, 1.54) is 5.56 Å². The first-order valence-electron chi connectivity index (χ1n) is 7.24. The molecule has 0 saturated carbocycles. The molecule has 3 aromatic rings. The molecule has 1 aliphatic carbocycles. The van der Waals surface area contributed by atoms with Crippen molar-refractivity contribution >= 4 is 28.4 Å². The van der Waals surface area contributed by atoms with Gasteiger partial charge in [0.1, 0.15) is 0 Å². The van der Waals surface area contributed by atoms with Crippen molar-refractivity contribution < 1.29 is 4.79 Å². The van der Waals surface area contributed by atoms with Crippen LogP contribution in [0.4, 0.5) is 0 Å². The van der Waals surface area contributed by atoms with Crippen molar-refractivity contribution in [2.24, 2.45) is 0 Å². The number of carbonyl (C=O) groups excluding carboxylic acids is 1. The molecular formula is C17H14ClN3O. The number of nitrogens with zero attached hydrogens (tertiary/aromatic N) is 1. The number of carbonyl (C=O) groups is 1. The van der Waals surface area contributed by atoms with Gasteiger partial charge in [-0.3, -0.25) is 9.89 Å². The highest BCUT2D eigenvalue weighted by atomic mass is 35.5. The second-order valence-corrected chi connectivity index (χ2v) is 5.96. The number of hydrogen-bond donors (Lipinski definition) is 2. The first-order valence-corrected chi connectivity index (χ1v) is 7.62.